The molecule has 0 saturated heterocycles. The van der Waals surface area contributed by atoms with Crippen molar-refractivity contribution in [3.63, 3.8) is 0 Å². The first kappa shape index (κ1) is 10.1. The fourth-order valence-corrected chi connectivity index (χ4v) is 1.09. The quantitative estimate of drug-likeness (QED) is 0.457. The third-order valence-electron chi connectivity index (χ3n) is 1.75. The van der Waals surface area contributed by atoms with Crippen molar-refractivity contribution < 1.29 is 4.43 Å². The highest BCUT2D eigenvalue weighted by atomic mass is 28.2. The Bertz CT molecular complexity index is 85.7. The van der Waals surface area contributed by atoms with Gasteiger partial charge < -0.3 is 10.2 Å². The number of nitrogens with two attached hydrogens (primary N) is 1. The molecule has 0 heterocycles. The molecule has 0 aliphatic rings. The van der Waals surface area contributed by atoms with E-state index >= 15 is 0 Å². The fourth-order valence-electron chi connectivity index (χ4n) is 0.797. The van der Waals surface area contributed by atoms with Crippen LogP contribution in [0.2, 0.25) is 0 Å². The summed E-state index contributed by atoms with van der Waals surface area (Å²) < 4.78 is 5.08. The lowest BCUT2D eigenvalue weighted by Gasteiger charge is -2.21. The van der Waals surface area contributed by atoms with Gasteiger partial charge in [0.25, 0.3) is 0 Å². The van der Waals surface area contributed by atoms with E-state index in [4.69, 9.17) is 10.2 Å². The molecule has 0 rings (SSSR count). The van der Waals surface area contributed by atoms with Gasteiger partial charge in [-0.15, -0.1) is 0 Å². The standard InChI is InChI=1S/C7H19NOSi/c1-7(2,6-8)4-3-5-9-10/h3-6,8H2,1-2,10H3. The van der Waals surface area contributed by atoms with E-state index in [1.54, 1.807) is 0 Å². The van der Waals surface area contributed by atoms with Gasteiger partial charge >= 0.3 is 0 Å². The van der Waals surface area contributed by atoms with Gasteiger partial charge in [0.05, 0.1) is 0 Å². The second-order valence-electron chi connectivity index (χ2n) is 3.46. The molecule has 0 aromatic carbocycles. The lowest BCUT2D eigenvalue weighted by molar-refractivity contribution is 0.275. The van der Waals surface area contributed by atoms with Crippen LogP contribution in [0.4, 0.5) is 0 Å². The summed E-state index contributed by atoms with van der Waals surface area (Å²) in [5.74, 6) is 0. The molecule has 0 aromatic rings. The Kier molecular flexibility index (Phi) is 4.94. The molecule has 2 nitrogen and oxygen atoms in total. The van der Waals surface area contributed by atoms with E-state index in [1.165, 1.54) is 6.42 Å². The van der Waals surface area contributed by atoms with E-state index in [-0.39, 0.29) is 0 Å². The molecule has 0 fully saturated rings. The molecule has 0 bridgehead atoms. The van der Waals surface area contributed by atoms with E-state index in [1.807, 2.05) is 0 Å². The zero-order chi connectivity index (χ0) is 8.04. The van der Waals surface area contributed by atoms with Crippen LogP contribution in [-0.2, 0) is 4.43 Å². The maximum absolute atomic E-state index is 5.56. The molecule has 0 saturated carbocycles. The van der Waals surface area contributed by atoms with Gasteiger partial charge in [0, 0.05) is 6.61 Å². The van der Waals surface area contributed by atoms with Crippen molar-refractivity contribution in [1.82, 2.24) is 0 Å². The highest BCUT2D eigenvalue weighted by molar-refractivity contribution is 5.97. The Morgan fingerprint density at radius 3 is 2.50 bits per heavy atom. The van der Waals surface area contributed by atoms with Gasteiger partial charge in [-0.3, -0.25) is 0 Å². The maximum atomic E-state index is 5.56. The molecule has 0 aromatic heterocycles. The highest BCUT2D eigenvalue weighted by Gasteiger charge is 2.13. The fraction of sp³-hybridized carbons (Fsp3) is 1.00. The van der Waals surface area contributed by atoms with Crippen LogP contribution in [0, 0.1) is 5.41 Å². The first-order chi connectivity index (χ1) is 4.62. The highest BCUT2D eigenvalue weighted by Crippen LogP contribution is 2.19. The van der Waals surface area contributed by atoms with Gasteiger partial charge in [0.1, 0.15) is 10.5 Å². The summed E-state index contributed by atoms with van der Waals surface area (Å²) in [6, 6.07) is 0. The Balaban J connectivity index is 3.28. The zero-order valence-electron chi connectivity index (χ0n) is 7.31. The molecule has 0 aliphatic heterocycles. The molecule has 0 aliphatic carbocycles. The van der Waals surface area contributed by atoms with Gasteiger partial charge in [0.15, 0.2) is 0 Å². The molecule has 62 valence electrons. The van der Waals surface area contributed by atoms with Crippen LogP contribution in [0.1, 0.15) is 26.7 Å². The number of hydrogen-bond donors (Lipinski definition) is 1. The van der Waals surface area contributed by atoms with Crippen molar-refractivity contribution in [3.05, 3.63) is 0 Å². The van der Waals surface area contributed by atoms with Crippen LogP contribution >= 0.6 is 0 Å². The van der Waals surface area contributed by atoms with E-state index in [0.717, 1.165) is 30.1 Å². The van der Waals surface area contributed by atoms with E-state index in [2.05, 4.69) is 13.8 Å². The van der Waals surface area contributed by atoms with Crippen LogP contribution in [-0.4, -0.2) is 23.6 Å². The second-order valence-corrected chi connectivity index (χ2v) is 4.04. The average Bonchev–Trinajstić information content (AvgIpc) is 1.89. The molecule has 10 heavy (non-hydrogen) atoms. The molecule has 0 atom stereocenters. The minimum absolute atomic E-state index is 0.306. The molecule has 0 amide bonds. The largest absolute Gasteiger partial charge is 0.428 e. The Hall–Kier alpha value is 0.137. The number of rotatable bonds is 5. The average molecular weight is 161 g/mol. The van der Waals surface area contributed by atoms with Crippen LogP contribution in [0.5, 0.6) is 0 Å². The van der Waals surface area contributed by atoms with Crippen molar-refractivity contribution in [3.8, 4) is 0 Å². The van der Waals surface area contributed by atoms with E-state index in [9.17, 15) is 0 Å². The summed E-state index contributed by atoms with van der Waals surface area (Å²) in [4.78, 5) is 0. The lowest BCUT2D eigenvalue weighted by atomic mass is 9.88. The van der Waals surface area contributed by atoms with Crippen LogP contribution in [0.15, 0.2) is 0 Å². The third-order valence-corrected chi connectivity index (χ3v) is 2.16. The summed E-state index contributed by atoms with van der Waals surface area (Å²) >= 11 is 0. The van der Waals surface area contributed by atoms with Gasteiger partial charge in [-0.25, -0.2) is 0 Å². The predicted octanol–water partition coefficient (Wildman–Crippen LogP) is 0.0485. The molecule has 2 N–H and O–H groups in total. The minimum atomic E-state index is 0.306. The zero-order valence-corrected chi connectivity index (χ0v) is 9.31. The predicted molar refractivity (Wildman–Crippen MR) is 48.0 cm³/mol. The van der Waals surface area contributed by atoms with Gasteiger partial charge in [-0.1, -0.05) is 13.8 Å². The Morgan fingerprint density at radius 2 is 2.10 bits per heavy atom. The summed E-state index contributed by atoms with van der Waals surface area (Å²) in [7, 11) is 0.860. The maximum Gasteiger partial charge on any atom is 0.145 e. The lowest BCUT2D eigenvalue weighted by Crippen LogP contribution is -2.23. The second kappa shape index (κ2) is 4.88. The molecule has 3 heteroatoms. The summed E-state index contributed by atoms with van der Waals surface area (Å²) in [5.41, 5.74) is 5.86. The topological polar surface area (TPSA) is 35.2 Å². The molecular weight excluding hydrogens is 142 g/mol. The van der Waals surface area contributed by atoms with Gasteiger partial charge in [0.2, 0.25) is 0 Å². The molecule has 0 spiro atoms. The third kappa shape index (κ3) is 4.96. The Morgan fingerprint density at radius 1 is 1.50 bits per heavy atom. The molecule has 0 unspecified atom stereocenters. The first-order valence-electron chi connectivity index (χ1n) is 3.81. The van der Waals surface area contributed by atoms with Crippen LogP contribution in [0.25, 0.3) is 0 Å². The van der Waals surface area contributed by atoms with Crippen LogP contribution < -0.4 is 5.73 Å². The summed E-state index contributed by atoms with van der Waals surface area (Å²) in [5, 5.41) is 0. The van der Waals surface area contributed by atoms with Crippen molar-refractivity contribution in [2.24, 2.45) is 11.1 Å². The Labute approximate surface area is 66.7 Å². The monoisotopic (exact) mass is 161 g/mol. The van der Waals surface area contributed by atoms with Crippen molar-refractivity contribution >= 4 is 10.5 Å². The van der Waals surface area contributed by atoms with Gasteiger partial charge in [-0.2, -0.15) is 0 Å². The van der Waals surface area contributed by atoms with Crippen molar-refractivity contribution in [2.75, 3.05) is 13.2 Å². The molecular formula is C7H19NOSi. The van der Waals surface area contributed by atoms with Gasteiger partial charge in [-0.05, 0) is 24.8 Å². The van der Waals surface area contributed by atoms with E-state index < -0.39 is 0 Å². The minimum Gasteiger partial charge on any atom is -0.428 e. The van der Waals surface area contributed by atoms with Crippen LogP contribution in [0.3, 0.4) is 0 Å². The van der Waals surface area contributed by atoms with Crippen molar-refractivity contribution in [2.45, 2.75) is 26.7 Å². The SMILES string of the molecule is CC(C)(CN)CCCO[SiH3]. The number of hydrogen-bond acceptors (Lipinski definition) is 2. The molecule has 0 radical (unpaired) electrons. The summed E-state index contributed by atoms with van der Waals surface area (Å²) in [6.07, 6.45) is 2.32. The van der Waals surface area contributed by atoms with Crippen molar-refractivity contribution in [1.29, 1.82) is 0 Å². The smallest absolute Gasteiger partial charge is 0.145 e. The van der Waals surface area contributed by atoms with E-state index in [0.29, 0.717) is 5.41 Å². The summed E-state index contributed by atoms with van der Waals surface area (Å²) in [6.45, 7) is 6.07. The normalized spacial score (nSPS) is 12.3. The first-order valence-corrected chi connectivity index (χ1v) is 4.63.